The van der Waals surface area contributed by atoms with E-state index in [2.05, 4.69) is 0 Å². The summed E-state index contributed by atoms with van der Waals surface area (Å²) in [5.74, 6) is -0.503. The zero-order valence-electron chi connectivity index (χ0n) is 13.0. The van der Waals surface area contributed by atoms with Gasteiger partial charge < -0.3 is 9.84 Å². The molecule has 0 saturated heterocycles. The van der Waals surface area contributed by atoms with E-state index in [4.69, 9.17) is 9.84 Å². The molecule has 1 N–H and O–H groups in total. The van der Waals surface area contributed by atoms with Crippen LogP contribution in [0.15, 0.2) is 40.1 Å². The number of carboxylic acids is 1. The van der Waals surface area contributed by atoms with Crippen molar-refractivity contribution in [2.24, 2.45) is 0 Å². The minimum absolute atomic E-state index is 0.00808. The molecule has 8 heteroatoms. The SMILES string of the molecule is COc1cccc(Cn2c(=O)c(C)c3sc(C(=O)O)cn3c2=O)c1. The Morgan fingerprint density at radius 3 is 2.75 bits per heavy atom. The van der Waals surface area contributed by atoms with Crippen LogP contribution in [0, 0.1) is 6.92 Å². The van der Waals surface area contributed by atoms with Crippen molar-refractivity contribution in [3.63, 3.8) is 0 Å². The van der Waals surface area contributed by atoms with Gasteiger partial charge in [0.05, 0.1) is 13.7 Å². The number of thiazole rings is 1. The van der Waals surface area contributed by atoms with Crippen LogP contribution in [-0.4, -0.2) is 27.2 Å². The van der Waals surface area contributed by atoms with Crippen molar-refractivity contribution in [2.45, 2.75) is 13.5 Å². The smallest absolute Gasteiger partial charge is 0.347 e. The standard InChI is InChI=1S/C16H14N2O5S/c1-9-13(19)17(7-10-4-3-5-11(6-10)23-2)16(22)18-8-12(15(20)21)24-14(9)18/h3-6,8H,7H2,1-2H3,(H,20,21). The van der Waals surface area contributed by atoms with E-state index in [9.17, 15) is 14.4 Å². The molecule has 0 aliphatic heterocycles. The number of hydrogen-bond acceptors (Lipinski definition) is 5. The molecule has 0 fully saturated rings. The number of ether oxygens (including phenoxy) is 1. The number of benzene rings is 1. The molecule has 0 saturated carbocycles. The lowest BCUT2D eigenvalue weighted by Gasteiger charge is -2.08. The number of aromatic nitrogens is 2. The summed E-state index contributed by atoms with van der Waals surface area (Å²) in [7, 11) is 1.54. The third kappa shape index (κ3) is 2.61. The number of hydrogen-bond donors (Lipinski definition) is 1. The van der Waals surface area contributed by atoms with Crippen molar-refractivity contribution >= 4 is 22.1 Å². The van der Waals surface area contributed by atoms with E-state index < -0.39 is 17.2 Å². The predicted octanol–water partition coefficient (Wildman–Crippen LogP) is 1.59. The summed E-state index contributed by atoms with van der Waals surface area (Å²) in [4.78, 5) is 36.6. The molecule has 7 nitrogen and oxygen atoms in total. The van der Waals surface area contributed by atoms with Gasteiger partial charge in [0.1, 0.15) is 15.5 Å². The molecule has 0 aliphatic rings. The Hall–Kier alpha value is -2.87. The van der Waals surface area contributed by atoms with Gasteiger partial charge in [-0.1, -0.05) is 12.1 Å². The van der Waals surface area contributed by atoms with E-state index in [-0.39, 0.29) is 11.4 Å². The van der Waals surface area contributed by atoms with Crippen LogP contribution in [0.3, 0.4) is 0 Å². The van der Waals surface area contributed by atoms with Crippen LogP contribution in [0.2, 0.25) is 0 Å². The highest BCUT2D eigenvalue weighted by Gasteiger charge is 2.17. The molecular formula is C16H14N2O5S. The third-order valence-corrected chi connectivity index (χ3v) is 4.88. The summed E-state index contributed by atoms with van der Waals surface area (Å²) in [6, 6.07) is 7.07. The van der Waals surface area contributed by atoms with E-state index in [1.807, 2.05) is 0 Å². The second kappa shape index (κ2) is 5.97. The first-order chi connectivity index (χ1) is 11.4. The Bertz CT molecular complexity index is 1060. The average molecular weight is 346 g/mol. The maximum Gasteiger partial charge on any atom is 0.347 e. The van der Waals surface area contributed by atoms with Crippen LogP contribution in [0.1, 0.15) is 20.8 Å². The largest absolute Gasteiger partial charge is 0.497 e. The van der Waals surface area contributed by atoms with Gasteiger partial charge in [0, 0.05) is 11.8 Å². The molecular weight excluding hydrogens is 332 g/mol. The van der Waals surface area contributed by atoms with Gasteiger partial charge in [-0.2, -0.15) is 0 Å². The second-order valence-corrected chi connectivity index (χ2v) is 6.26. The van der Waals surface area contributed by atoms with Gasteiger partial charge in [-0.3, -0.25) is 13.8 Å². The van der Waals surface area contributed by atoms with E-state index in [1.165, 1.54) is 17.7 Å². The van der Waals surface area contributed by atoms with E-state index in [1.54, 1.807) is 31.2 Å². The van der Waals surface area contributed by atoms with Gasteiger partial charge in [-0.15, -0.1) is 11.3 Å². The molecule has 0 radical (unpaired) electrons. The molecule has 2 heterocycles. The Labute approximate surface area is 140 Å². The Balaban J connectivity index is 2.19. The summed E-state index contributed by atoms with van der Waals surface area (Å²) >= 11 is 0.911. The van der Waals surface area contributed by atoms with E-state index >= 15 is 0 Å². The summed E-state index contributed by atoms with van der Waals surface area (Å²) in [6.45, 7) is 1.66. The molecule has 1 aromatic carbocycles. The van der Waals surface area contributed by atoms with Crippen molar-refractivity contribution < 1.29 is 14.6 Å². The van der Waals surface area contributed by atoms with Gasteiger partial charge in [0.25, 0.3) is 5.56 Å². The molecule has 2 aromatic heterocycles. The van der Waals surface area contributed by atoms with Crippen LogP contribution < -0.4 is 16.0 Å². The minimum atomic E-state index is -1.13. The zero-order valence-corrected chi connectivity index (χ0v) is 13.8. The van der Waals surface area contributed by atoms with Crippen LogP contribution in [0.4, 0.5) is 0 Å². The highest BCUT2D eigenvalue weighted by atomic mass is 32.1. The van der Waals surface area contributed by atoms with Gasteiger partial charge in [-0.05, 0) is 24.6 Å². The molecule has 3 rings (SSSR count). The molecule has 0 bridgehead atoms. The minimum Gasteiger partial charge on any atom is -0.497 e. The van der Waals surface area contributed by atoms with Gasteiger partial charge in [0.15, 0.2) is 0 Å². The number of rotatable bonds is 4. The number of carbonyl (C=O) groups is 1. The Morgan fingerprint density at radius 1 is 1.33 bits per heavy atom. The number of methoxy groups -OCH3 is 1. The highest BCUT2D eigenvalue weighted by Crippen LogP contribution is 2.18. The fraction of sp³-hybridized carbons (Fsp3) is 0.188. The highest BCUT2D eigenvalue weighted by molar-refractivity contribution is 7.19. The van der Waals surface area contributed by atoms with Gasteiger partial charge >= 0.3 is 11.7 Å². The molecule has 3 aromatic rings. The number of fused-ring (bicyclic) bond motifs is 1. The van der Waals surface area contributed by atoms with Gasteiger partial charge in [-0.25, -0.2) is 9.59 Å². The van der Waals surface area contributed by atoms with Crippen molar-refractivity contribution in [3.05, 3.63) is 67.3 Å². The van der Waals surface area contributed by atoms with E-state index in [0.717, 1.165) is 21.5 Å². The Morgan fingerprint density at radius 2 is 2.08 bits per heavy atom. The number of carboxylic acid groups (broad SMARTS) is 1. The van der Waals surface area contributed by atoms with Crippen LogP contribution in [-0.2, 0) is 6.54 Å². The summed E-state index contributed by atoms with van der Waals surface area (Å²) in [5, 5.41) is 9.10. The summed E-state index contributed by atoms with van der Waals surface area (Å²) in [5.41, 5.74) is 0.0883. The van der Waals surface area contributed by atoms with Crippen LogP contribution >= 0.6 is 11.3 Å². The second-order valence-electron chi connectivity index (χ2n) is 5.23. The average Bonchev–Trinajstić information content (AvgIpc) is 3.03. The predicted molar refractivity (Wildman–Crippen MR) is 89.6 cm³/mol. The first-order valence-electron chi connectivity index (χ1n) is 7.04. The summed E-state index contributed by atoms with van der Waals surface area (Å²) < 4.78 is 7.45. The van der Waals surface area contributed by atoms with Crippen LogP contribution in [0.25, 0.3) is 4.83 Å². The lowest BCUT2D eigenvalue weighted by atomic mass is 10.2. The van der Waals surface area contributed by atoms with Crippen molar-refractivity contribution in [1.29, 1.82) is 0 Å². The molecule has 0 spiro atoms. The number of nitrogens with zero attached hydrogens (tertiary/aromatic N) is 2. The third-order valence-electron chi connectivity index (χ3n) is 3.68. The first-order valence-corrected chi connectivity index (χ1v) is 7.86. The molecule has 0 aliphatic carbocycles. The molecule has 124 valence electrons. The van der Waals surface area contributed by atoms with E-state index in [0.29, 0.717) is 16.1 Å². The van der Waals surface area contributed by atoms with Crippen molar-refractivity contribution in [3.8, 4) is 5.75 Å². The molecule has 24 heavy (non-hydrogen) atoms. The topological polar surface area (TPSA) is 90.0 Å². The summed E-state index contributed by atoms with van der Waals surface area (Å²) in [6.07, 6.45) is 1.25. The molecule has 0 unspecified atom stereocenters. The number of aromatic carboxylic acids is 1. The monoisotopic (exact) mass is 346 g/mol. The van der Waals surface area contributed by atoms with Crippen molar-refractivity contribution in [1.82, 2.24) is 8.97 Å². The number of aryl methyl sites for hydroxylation is 1. The molecule has 0 atom stereocenters. The maximum absolute atomic E-state index is 12.6. The fourth-order valence-electron chi connectivity index (χ4n) is 2.46. The van der Waals surface area contributed by atoms with Crippen LogP contribution in [0.5, 0.6) is 5.75 Å². The zero-order chi connectivity index (χ0) is 17.4. The fourth-order valence-corrected chi connectivity index (χ4v) is 3.38. The maximum atomic E-state index is 12.6. The molecule has 0 amide bonds. The van der Waals surface area contributed by atoms with Crippen molar-refractivity contribution in [2.75, 3.05) is 7.11 Å². The van der Waals surface area contributed by atoms with Gasteiger partial charge in [0.2, 0.25) is 0 Å². The normalized spacial score (nSPS) is 10.9. The lowest BCUT2D eigenvalue weighted by Crippen LogP contribution is -2.38. The quantitative estimate of drug-likeness (QED) is 0.775. The Kier molecular flexibility index (Phi) is 3.98. The lowest BCUT2D eigenvalue weighted by molar-refractivity contribution is 0.0701. The first kappa shape index (κ1) is 16.0.